The van der Waals surface area contributed by atoms with Crippen LogP contribution < -0.4 is 15.5 Å². The van der Waals surface area contributed by atoms with E-state index in [2.05, 4.69) is 10.6 Å². The summed E-state index contributed by atoms with van der Waals surface area (Å²) in [6.45, 7) is 0.764. The first-order valence-corrected chi connectivity index (χ1v) is 11.2. The van der Waals surface area contributed by atoms with Gasteiger partial charge in [0.1, 0.15) is 11.9 Å². The highest BCUT2D eigenvalue weighted by atomic mass is 32.1. The van der Waals surface area contributed by atoms with Crippen LogP contribution in [0.3, 0.4) is 0 Å². The van der Waals surface area contributed by atoms with E-state index in [1.165, 1.54) is 17.6 Å². The highest BCUT2D eigenvalue weighted by Crippen LogP contribution is 2.31. The largest absolute Gasteiger partial charge is 0.467 e. The van der Waals surface area contributed by atoms with Crippen molar-refractivity contribution in [3.63, 3.8) is 0 Å². The number of amides is 3. The smallest absolute Gasteiger partial charge is 0.313 e. The second-order valence-corrected chi connectivity index (χ2v) is 8.36. The summed E-state index contributed by atoms with van der Waals surface area (Å²) in [7, 11) is 0. The molecule has 3 aromatic rings. The standard InChI is InChI=1S/C23H23N3O5S/c27-18(19-5-2-12-31-19)9-10-24-21(28)22(29)25-16-7-8-17-15(14-16)4-1-11-26(17)23(30)20-6-3-13-32-20/h2-3,5-8,12-14,18,27H,1,4,9-11H2,(H,24,28)(H,25,29). The van der Waals surface area contributed by atoms with Gasteiger partial charge >= 0.3 is 11.8 Å². The number of nitrogens with zero attached hydrogens (tertiary/aromatic N) is 1. The van der Waals surface area contributed by atoms with Crippen molar-refractivity contribution in [2.45, 2.75) is 25.4 Å². The topological polar surface area (TPSA) is 112 Å². The number of aliphatic hydroxyl groups is 1. The van der Waals surface area contributed by atoms with E-state index in [0.29, 0.717) is 22.9 Å². The number of carbonyl (C=O) groups is 3. The van der Waals surface area contributed by atoms with Gasteiger partial charge in [-0.1, -0.05) is 6.07 Å². The molecule has 3 heterocycles. The fraction of sp³-hybridized carbons (Fsp3) is 0.261. The molecule has 1 unspecified atom stereocenters. The number of hydrogen-bond acceptors (Lipinski definition) is 6. The van der Waals surface area contributed by atoms with E-state index in [4.69, 9.17) is 4.42 Å². The lowest BCUT2D eigenvalue weighted by Gasteiger charge is -2.29. The lowest BCUT2D eigenvalue weighted by atomic mass is 10.0. The molecule has 32 heavy (non-hydrogen) atoms. The SMILES string of the molecule is O=C(NCCC(O)c1ccco1)C(=O)Nc1ccc2c(c1)CCCN2C(=O)c1cccs1. The van der Waals surface area contributed by atoms with Crippen LogP contribution in [0, 0.1) is 0 Å². The van der Waals surface area contributed by atoms with Crippen molar-refractivity contribution in [2.24, 2.45) is 0 Å². The van der Waals surface area contributed by atoms with Gasteiger partial charge in [-0.15, -0.1) is 11.3 Å². The predicted octanol–water partition coefficient (Wildman–Crippen LogP) is 3.11. The lowest BCUT2D eigenvalue weighted by Crippen LogP contribution is -2.36. The minimum atomic E-state index is -0.853. The maximum absolute atomic E-state index is 12.8. The fourth-order valence-corrected chi connectivity index (χ4v) is 4.30. The number of aliphatic hydroxyl groups excluding tert-OH is 1. The molecular weight excluding hydrogens is 430 g/mol. The van der Waals surface area contributed by atoms with Crippen molar-refractivity contribution < 1.29 is 23.9 Å². The van der Waals surface area contributed by atoms with Gasteiger partial charge in [0.15, 0.2) is 0 Å². The molecule has 1 aliphatic heterocycles. The second kappa shape index (κ2) is 9.80. The highest BCUT2D eigenvalue weighted by Gasteiger charge is 2.25. The Bertz CT molecular complexity index is 1100. The maximum Gasteiger partial charge on any atom is 0.313 e. The number of aryl methyl sites for hydroxylation is 1. The van der Waals surface area contributed by atoms with E-state index >= 15 is 0 Å². The molecule has 0 bridgehead atoms. The molecule has 0 fully saturated rings. The minimum absolute atomic E-state index is 0.0335. The van der Waals surface area contributed by atoms with Crippen LogP contribution in [0.5, 0.6) is 0 Å². The van der Waals surface area contributed by atoms with E-state index in [1.54, 1.807) is 35.2 Å². The first-order chi connectivity index (χ1) is 15.5. The summed E-state index contributed by atoms with van der Waals surface area (Å²) >= 11 is 1.41. The third-order valence-corrected chi connectivity index (χ3v) is 6.07. The van der Waals surface area contributed by atoms with Crippen LogP contribution in [-0.4, -0.2) is 35.9 Å². The van der Waals surface area contributed by atoms with Crippen LogP contribution in [0.2, 0.25) is 0 Å². The zero-order chi connectivity index (χ0) is 22.5. The summed E-state index contributed by atoms with van der Waals surface area (Å²) in [5.41, 5.74) is 2.26. The summed E-state index contributed by atoms with van der Waals surface area (Å²) in [5, 5.41) is 16.9. The number of nitrogens with one attached hydrogen (secondary N) is 2. The molecule has 3 N–H and O–H groups in total. The summed E-state index contributed by atoms with van der Waals surface area (Å²) in [4.78, 5) is 39.6. The molecule has 166 valence electrons. The molecule has 0 radical (unpaired) electrons. The first kappa shape index (κ1) is 21.8. The summed E-state index contributed by atoms with van der Waals surface area (Å²) in [6.07, 6.45) is 2.43. The van der Waals surface area contributed by atoms with Crippen molar-refractivity contribution in [2.75, 3.05) is 23.3 Å². The average molecular weight is 454 g/mol. The molecule has 1 aromatic carbocycles. The normalized spacial score (nSPS) is 13.8. The van der Waals surface area contributed by atoms with E-state index in [0.717, 1.165) is 24.1 Å². The Labute approximate surface area is 188 Å². The van der Waals surface area contributed by atoms with Gasteiger partial charge < -0.3 is 25.1 Å². The molecule has 0 saturated carbocycles. The van der Waals surface area contributed by atoms with Gasteiger partial charge in [-0.2, -0.15) is 0 Å². The van der Waals surface area contributed by atoms with Gasteiger partial charge in [0.05, 0.1) is 11.1 Å². The minimum Gasteiger partial charge on any atom is -0.467 e. The number of benzene rings is 1. The molecular formula is C23H23N3O5S. The van der Waals surface area contributed by atoms with Gasteiger partial charge in [0.25, 0.3) is 5.91 Å². The molecule has 3 amide bonds. The van der Waals surface area contributed by atoms with Crippen LogP contribution >= 0.6 is 11.3 Å². The zero-order valence-corrected chi connectivity index (χ0v) is 18.1. The Kier molecular flexibility index (Phi) is 6.67. The van der Waals surface area contributed by atoms with Gasteiger partial charge in [-0.05, 0) is 66.6 Å². The van der Waals surface area contributed by atoms with Gasteiger partial charge in [0, 0.05) is 24.5 Å². The molecule has 2 aromatic heterocycles. The molecule has 0 aliphatic carbocycles. The van der Waals surface area contributed by atoms with E-state index in [1.807, 2.05) is 17.5 Å². The van der Waals surface area contributed by atoms with Crippen LogP contribution in [-0.2, 0) is 16.0 Å². The third-order valence-electron chi connectivity index (χ3n) is 5.21. The van der Waals surface area contributed by atoms with Crippen LogP contribution in [0.25, 0.3) is 0 Å². The van der Waals surface area contributed by atoms with Crippen LogP contribution in [0.1, 0.15) is 39.9 Å². The highest BCUT2D eigenvalue weighted by molar-refractivity contribution is 7.12. The Hall–Kier alpha value is -3.43. The monoisotopic (exact) mass is 453 g/mol. The van der Waals surface area contributed by atoms with Crippen molar-refractivity contribution >= 4 is 40.4 Å². The number of rotatable bonds is 6. The summed E-state index contributed by atoms with van der Waals surface area (Å²) in [6, 6.07) is 12.3. The Morgan fingerprint density at radius 2 is 2.03 bits per heavy atom. The predicted molar refractivity (Wildman–Crippen MR) is 121 cm³/mol. The summed E-state index contributed by atoms with van der Waals surface area (Å²) in [5.74, 6) is -1.21. The Balaban J connectivity index is 1.34. The number of carbonyl (C=O) groups excluding carboxylic acids is 3. The van der Waals surface area contributed by atoms with E-state index < -0.39 is 17.9 Å². The molecule has 9 heteroatoms. The van der Waals surface area contributed by atoms with Crippen molar-refractivity contribution in [3.05, 3.63) is 70.3 Å². The molecule has 8 nitrogen and oxygen atoms in total. The number of anilines is 2. The molecule has 0 spiro atoms. The molecule has 0 saturated heterocycles. The number of hydrogen-bond donors (Lipinski definition) is 3. The van der Waals surface area contributed by atoms with Crippen LogP contribution in [0.4, 0.5) is 11.4 Å². The second-order valence-electron chi connectivity index (χ2n) is 7.41. The quantitative estimate of drug-likeness (QED) is 0.497. The van der Waals surface area contributed by atoms with E-state index in [9.17, 15) is 19.5 Å². The number of fused-ring (bicyclic) bond motifs is 1. The van der Waals surface area contributed by atoms with Crippen LogP contribution in [0.15, 0.2) is 58.5 Å². The average Bonchev–Trinajstić information content (AvgIpc) is 3.52. The Morgan fingerprint density at radius 1 is 1.16 bits per heavy atom. The Morgan fingerprint density at radius 3 is 2.78 bits per heavy atom. The maximum atomic E-state index is 12.8. The fourth-order valence-electron chi connectivity index (χ4n) is 3.63. The number of thiophene rings is 1. The first-order valence-electron chi connectivity index (χ1n) is 10.3. The lowest BCUT2D eigenvalue weighted by molar-refractivity contribution is -0.136. The third kappa shape index (κ3) is 4.90. The van der Waals surface area contributed by atoms with Crippen molar-refractivity contribution in [1.29, 1.82) is 0 Å². The van der Waals surface area contributed by atoms with Gasteiger partial charge in [-0.25, -0.2) is 0 Å². The van der Waals surface area contributed by atoms with Crippen molar-refractivity contribution in [1.82, 2.24) is 5.32 Å². The van der Waals surface area contributed by atoms with E-state index in [-0.39, 0.29) is 18.9 Å². The summed E-state index contributed by atoms with van der Waals surface area (Å²) < 4.78 is 5.10. The van der Waals surface area contributed by atoms with Gasteiger partial charge in [0.2, 0.25) is 0 Å². The van der Waals surface area contributed by atoms with Crippen molar-refractivity contribution in [3.8, 4) is 0 Å². The van der Waals surface area contributed by atoms with Gasteiger partial charge in [-0.3, -0.25) is 14.4 Å². The molecule has 1 atom stereocenters. The zero-order valence-electron chi connectivity index (χ0n) is 17.2. The molecule has 1 aliphatic rings. The number of furan rings is 1. The molecule has 4 rings (SSSR count).